The Hall–Kier alpha value is -1.61. The van der Waals surface area contributed by atoms with E-state index in [4.69, 9.17) is 0 Å². The molecule has 0 bridgehead atoms. The molecule has 2 fully saturated rings. The lowest BCUT2D eigenvalue weighted by molar-refractivity contribution is 0.196. The molecule has 2 aliphatic rings. The van der Waals surface area contributed by atoms with E-state index in [1.165, 1.54) is 29.7 Å². The van der Waals surface area contributed by atoms with Gasteiger partial charge in [0.1, 0.15) is 0 Å². The number of hydrogen-bond acceptors (Lipinski definition) is 4. The summed E-state index contributed by atoms with van der Waals surface area (Å²) < 4.78 is 28.3. The smallest absolute Gasteiger partial charge is 0.317 e. The van der Waals surface area contributed by atoms with Gasteiger partial charge in [-0.25, -0.2) is 18.2 Å². The molecule has 1 aromatic heterocycles. The van der Waals surface area contributed by atoms with E-state index in [0.717, 1.165) is 12.8 Å². The maximum absolute atomic E-state index is 12.6. The Morgan fingerprint density at radius 1 is 1.17 bits per heavy atom. The van der Waals surface area contributed by atoms with Crippen molar-refractivity contribution in [3.63, 3.8) is 0 Å². The van der Waals surface area contributed by atoms with Crippen LogP contribution in [0.4, 0.5) is 4.79 Å². The Morgan fingerprint density at radius 3 is 2.58 bits per heavy atom. The summed E-state index contributed by atoms with van der Waals surface area (Å²) in [6.07, 6.45) is 8.03. The summed E-state index contributed by atoms with van der Waals surface area (Å²) in [4.78, 5) is 18.1. The van der Waals surface area contributed by atoms with E-state index in [0.29, 0.717) is 32.6 Å². The van der Waals surface area contributed by atoms with E-state index >= 15 is 0 Å². The number of hydrogen-bond donors (Lipinski definition) is 1. The van der Waals surface area contributed by atoms with Crippen LogP contribution in [0, 0.1) is 0 Å². The van der Waals surface area contributed by atoms with Crippen LogP contribution in [0.3, 0.4) is 0 Å². The molecule has 1 aromatic rings. The van der Waals surface area contributed by atoms with E-state index in [9.17, 15) is 13.2 Å². The fourth-order valence-corrected chi connectivity index (χ4v) is 4.76. The number of amides is 2. The van der Waals surface area contributed by atoms with Crippen molar-refractivity contribution in [3.8, 4) is 0 Å². The van der Waals surface area contributed by atoms with Gasteiger partial charge < -0.3 is 14.8 Å². The molecule has 0 radical (unpaired) electrons. The maximum atomic E-state index is 12.6. The molecular formula is C15H25N5O3S. The number of aromatic nitrogens is 2. The standard InChI is InChI=1S/C15H25N5O3S/c1-18-11-14(16-12-18)24(22,23)20-8-4-7-19(9-10-20)15(21)17-13-5-2-3-6-13/h11-13H,2-10H2,1H3,(H,17,21). The van der Waals surface area contributed by atoms with E-state index in [2.05, 4.69) is 10.3 Å². The molecule has 24 heavy (non-hydrogen) atoms. The normalized spacial score (nSPS) is 21.0. The van der Waals surface area contributed by atoms with Crippen LogP contribution in [0.25, 0.3) is 0 Å². The van der Waals surface area contributed by atoms with Crippen LogP contribution >= 0.6 is 0 Å². The number of carbonyl (C=O) groups excluding carboxylic acids is 1. The third-order valence-electron chi connectivity index (χ3n) is 4.71. The summed E-state index contributed by atoms with van der Waals surface area (Å²) in [5.41, 5.74) is 0. The predicted molar refractivity (Wildman–Crippen MR) is 88.9 cm³/mol. The van der Waals surface area contributed by atoms with Crippen LogP contribution < -0.4 is 5.32 Å². The van der Waals surface area contributed by atoms with Crippen molar-refractivity contribution in [2.24, 2.45) is 7.05 Å². The molecule has 1 N–H and O–H groups in total. The molecule has 0 atom stereocenters. The van der Waals surface area contributed by atoms with Crippen LogP contribution in [0.1, 0.15) is 32.1 Å². The number of nitrogens with one attached hydrogen (secondary N) is 1. The number of imidazole rings is 1. The SMILES string of the molecule is Cn1cnc(S(=O)(=O)N2CCCN(C(=O)NC3CCCC3)CC2)c1. The van der Waals surface area contributed by atoms with Crippen LogP contribution in [-0.2, 0) is 17.1 Å². The van der Waals surface area contributed by atoms with Crippen LogP contribution in [-0.4, -0.2) is 65.4 Å². The molecule has 9 heteroatoms. The topological polar surface area (TPSA) is 87.5 Å². The van der Waals surface area contributed by atoms with Gasteiger partial charge in [0.2, 0.25) is 0 Å². The van der Waals surface area contributed by atoms with Crippen molar-refractivity contribution in [1.82, 2.24) is 24.1 Å². The monoisotopic (exact) mass is 355 g/mol. The lowest BCUT2D eigenvalue weighted by Crippen LogP contribution is -2.45. The number of rotatable bonds is 3. The molecule has 134 valence electrons. The average Bonchev–Trinajstić information content (AvgIpc) is 3.13. The van der Waals surface area contributed by atoms with Gasteiger partial charge >= 0.3 is 6.03 Å². The molecule has 1 aliphatic carbocycles. The van der Waals surface area contributed by atoms with Gasteiger partial charge in [0.15, 0.2) is 5.03 Å². The van der Waals surface area contributed by atoms with Gasteiger partial charge in [-0.05, 0) is 19.3 Å². The molecule has 0 spiro atoms. The Kier molecular flexibility index (Phi) is 5.09. The average molecular weight is 355 g/mol. The first-order valence-electron chi connectivity index (χ1n) is 8.50. The minimum atomic E-state index is -3.59. The highest BCUT2D eigenvalue weighted by atomic mass is 32.2. The van der Waals surface area contributed by atoms with Gasteiger partial charge in [0, 0.05) is 45.5 Å². The highest BCUT2D eigenvalue weighted by Gasteiger charge is 2.30. The van der Waals surface area contributed by atoms with E-state index in [-0.39, 0.29) is 17.1 Å². The molecule has 1 aliphatic heterocycles. The Morgan fingerprint density at radius 2 is 1.92 bits per heavy atom. The molecule has 0 aromatic carbocycles. The van der Waals surface area contributed by atoms with Crippen molar-refractivity contribution in [1.29, 1.82) is 0 Å². The largest absolute Gasteiger partial charge is 0.339 e. The van der Waals surface area contributed by atoms with Crippen LogP contribution in [0.15, 0.2) is 17.6 Å². The van der Waals surface area contributed by atoms with Crippen molar-refractivity contribution in [2.75, 3.05) is 26.2 Å². The summed E-state index contributed by atoms with van der Waals surface area (Å²) in [6, 6.07) is 0.202. The molecule has 2 heterocycles. The Balaban J connectivity index is 1.61. The summed E-state index contributed by atoms with van der Waals surface area (Å²) in [5.74, 6) is 0. The highest BCUT2D eigenvalue weighted by Crippen LogP contribution is 2.19. The molecule has 0 unspecified atom stereocenters. The Bertz CT molecular complexity index is 681. The highest BCUT2D eigenvalue weighted by molar-refractivity contribution is 7.89. The summed E-state index contributed by atoms with van der Waals surface area (Å²) >= 11 is 0. The predicted octanol–water partition coefficient (Wildman–Crippen LogP) is 0.769. The zero-order valence-electron chi connectivity index (χ0n) is 14.0. The molecule has 1 saturated heterocycles. The first-order valence-corrected chi connectivity index (χ1v) is 9.94. The zero-order chi connectivity index (χ0) is 17.2. The minimum Gasteiger partial charge on any atom is -0.339 e. The lowest BCUT2D eigenvalue weighted by atomic mass is 10.2. The third-order valence-corrected chi connectivity index (χ3v) is 6.49. The molecule has 2 amide bonds. The fraction of sp³-hybridized carbons (Fsp3) is 0.733. The van der Waals surface area contributed by atoms with Gasteiger partial charge in [0.05, 0.1) is 6.33 Å². The van der Waals surface area contributed by atoms with Gasteiger partial charge in [-0.15, -0.1) is 0 Å². The minimum absolute atomic E-state index is 0.0638. The summed E-state index contributed by atoms with van der Waals surface area (Å²) in [5, 5.41) is 3.13. The first kappa shape index (κ1) is 17.2. The number of aryl methyl sites for hydroxylation is 1. The first-order chi connectivity index (χ1) is 11.5. The number of carbonyl (C=O) groups is 1. The van der Waals surface area contributed by atoms with Gasteiger partial charge in [0.25, 0.3) is 10.0 Å². The summed E-state index contributed by atoms with van der Waals surface area (Å²) in [7, 11) is -1.85. The number of urea groups is 1. The van der Waals surface area contributed by atoms with Crippen LogP contribution in [0.2, 0.25) is 0 Å². The van der Waals surface area contributed by atoms with Crippen LogP contribution in [0.5, 0.6) is 0 Å². The Labute approximate surface area is 142 Å². The summed E-state index contributed by atoms with van der Waals surface area (Å²) in [6.45, 7) is 1.69. The third kappa shape index (κ3) is 3.72. The zero-order valence-corrected chi connectivity index (χ0v) is 14.8. The van der Waals surface area contributed by atoms with E-state index in [1.54, 1.807) is 16.5 Å². The number of sulfonamides is 1. The second-order valence-electron chi connectivity index (χ2n) is 6.55. The molecule has 8 nitrogen and oxygen atoms in total. The van der Waals surface area contributed by atoms with E-state index in [1.807, 2.05) is 0 Å². The van der Waals surface area contributed by atoms with Crippen molar-refractivity contribution in [3.05, 3.63) is 12.5 Å². The second-order valence-corrected chi connectivity index (χ2v) is 8.44. The molecular weight excluding hydrogens is 330 g/mol. The van der Waals surface area contributed by atoms with Crippen molar-refractivity contribution >= 4 is 16.1 Å². The molecule has 1 saturated carbocycles. The fourth-order valence-electron chi connectivity index (χ4n) is 3.33. The van der Waals surface area contributed by atoms with Gasteiger partial charge in [-0.1, -0.05) is 12.8 Å². The maximum Gasteiger partial charge on any atom is 0.317 e. The lowest BCUT2D eigenvalue weighted by Gasteiger charge is -2.23. The number of nitrogens with zero attached hydrogens (tertiary/aromatic N) is 4. The van der Waals surface area contributed by atoms with E-state index < -0.39 is 10.0 Å². The quantitative estimate of drug-likeness (QED) is 0.867. The molecule has 3 rings (SSSR count). The van der Waals surface area contributed by atoms with Gasteiger partial charge in [-0.3, -0.25) is 0 Å². The van der Waals surface area contributed by atoms with Crippen molar-refractivity contribution < 1.29 is 13.2 Å². The second kappa shape index (κ2) is 7.10. The van der Waals surface area contributed by atoms with Crippen molar-refractivity contribution in [2.45, 2.75) is 43.2 Å². The van der Waals surface area contributed by atoms with Gasteiger partial charge in [-0.2, -0.15) is 4.31 Å².